The first-order valence-corrected chi connectivity index (χ1v) is 4.19. The van der Waals surface area contributed by atoms with Crippen LogP contribution in [0.5, 0.6) is 0 Å². The lowest BCUT2D eigenvalue weighted by Gasteiger charge is -2.15. The van der Waals surface area contributed by atoms with Crippen LogP contribution in [-0.2, 0) is 5.92 Å². The van der Waals surface area contributed by atoms with Gasteiger partial charge < -0.3 is 5.11 Å². The van der Waals surface area contributed by atoms with E-state index in [9.17, 15) is 13.2 Å². The van der Waals surface area contributed by atoms with Crippen molar-refractivity contribution >= 4 is 0 Å². The molecule has 0 saturated carbocycles. The van der Waals surface area contributed by atoms with Crippen LogP contribution in [0.1, 0.15) is 31.1 Å². The third-order valence-electron chi connectivity index (χ3n) is 1.95. The van der Waals surface area contributed by atoms with E-state index in [1.807, 2.05) is 0 Å². The third kappa shape index (κ3) is 2.07. The van der Waals surface area contributed by atoms with Crippen LogP contribution in [0.3, 0.4) is 0 Å². The second-order valence-corrected chi connectivity index (χ2v) is 3.27. The van der Waals surface area contributed by atoms with Crippen molar-refractivity contribution in [2.45, 2.75) is 25.9 Å². The summed E-state index contributed by atoms with van der Waals surface area (Å²) in [5.41, 5.74) is -0.792. The molecule has 0 bridgehead atoms. The molecule has 4 heteroatoms. The van der Waals surface area contributed by atoms with Gasteiger partial charge in [-0.2, -0.15) is 0 Å². The van der Waals surface area contributed by atoms with Crippen molar-refractivity contribution in [1.29, 1.82) is 0 Å². The molecule has 0 spiro atoms. The molecule has 0 fully saturated rings. The Morgan fingerprint density at radius 3 is 2.36 bits per heavy atom. The predicted octanol–water partition coefficient (Wildman–Crippen LogP) is 2.99. The number of hydrogen-bond acceptors (Lipinski definition) is 1. The summed E-state index contributed by atoms with van der Waals surface area (Å²) >= 11 is 0. The van der Waals surface area contributed by atoms with E-state index in [-0.39, 0.29) is 5.56 Å². The Balaban J connectivity index is 3.28. The van der Waals surface area contributed by atoms with Crippen LogP contribution in [0.2, 0.25) is 0 Å². The van der Waals surface area contributed by atoms with Crippen LogP contribution >= 0.6 is 0 Å². The van der Waals surface area contributed by atoms with Crippen LogP contribution in [0, 0.1) is 5.82 Å². The summed E-state index contributed by atoms with van der Waals surface area (Å²) in [6, 6.07) is 3.61. The van der Waals surface area contributed by atoms with Crippen LogP contribution in [-0.4, -0.2) is 5.11 Å². The first kappa shape index (κ1) is 11.0. The van der Waals surface area contributed by atoms with Gasteiger partial charge in [0.25, 0.3) is 5.92 Å². The molecule has 0 aliphatic rings. The average Bonchev–Trinajstić information content (AvgIpc) is 2.01. The van der Waals surface area contributed by atoms with E-state index in [1.165, 1.54) is 19.1 Å². The molecular weight excluding hydrogens is 193 g/mol. The van der Waals surface area contributed by atoms with Crippen LogP contribution in [0.15, 0.2) is 18.2 Å². The van der Waals surface area contributed by atoms with Crippen molar-refractivity contribution < 1.29 is 18.3 Å². The Hall–Kier alpha value is -1.03. The first-order valence-electron chi connectivity index (χ1n) is 4.19. The van der Waals surface area contributed by atoms with Crippen molar-refractivity contribution in [3.05, 3.63) is 35.1 Å². The second-order valence-electron chi connectivity index (χ2n) is 3.27. The Morgan fingerprint density at radius 2 is 1.93 bits per heavy atom. The molecule has 14 heavy (non-hydrogen) atoms. The summed E-state index contributed by atoms with van der Waals surface area (Å²) in [6.45, 7) is 1.95. The number of hydrogen-bond donors (Lipinski definition) is 1. The lowest BCUT2D eigenvalue weighted by Crippen LogP contribution is -2.12. The Bertz CT molecular complexity index is 329. The van der Waals surface area contributed by atoms with Crippen molar-refractivity contribution in [1.82, 2.24) is 0 Å². The fourth-order valence-corrected chi connectivity index (χ4v) is 1.21. The van der Waals surface area contributed by atoms with Gasteiger partial charge in [-0.15, -0.1) is 0 Å². The molecular formula is C10H11F3O. The average molecular weight is 204 g/mol. The topological polar surface area (TPSA) is 20.2 Å². The molecule has 0 radical (unpaired) electrons. The van der Waals surface area contributed by atoms with E-state index in [0.29, 0.717) is 6.92 Å². The Morgan fingerprint density at radius 1 is 1.36 bits per heavy atom. The van der Waals surface area contributed by atoms with Gasteiger partial charge in [0.2, 0.25) is 0 Å². The highest BCUT2D eigenvalue weighted by Crippen LogP contribution is 2.31. The summed E-state index contributed by atoms with van der Waals surface area (Å²) in [5, 5.41) is 9.11. The molecule has 0 unspecified atom stereocenters. The van der Waals surface area contributed by atoms with Crippen molar-refractivity contribution in [2.24, 2.45) is 0 Å². The molecule has 1 rings (SSSR count). The molecule has 0 amide bonds. The highest BCUT2D eigenvalue weighted by Gasteiger charge is 2.29. The van der Waals surface area contributed by atoms with Gasteiger partial charge in [0, 0.05) is 12.5 Å². The maximum absolute atomic E-state index is 13.4. The number of rotatable bonds is 2. The maximum Gasteiger partial charge on any atom is 0.273 e. The largest absolute Gasteiger partial charge is 0.389 e. The second kappa shape index (κ2) is 3.61. The van der Waals surface area contributed by atoms with Gasteiger partial charge in [-0.3, -0.25) is 0 Å². The van der Waals surface area contributed by atoms with E-state index in [4.69, 9.17) is 5.11 Å². The number of aliphatic hydroxyl groups excluding tert-OH is 1. The fourth-order valence-electron chi connectivity index (χ4n) is 1.21. The molecule has 1 N–H and O–H groups in total. The molecule has 1 aromatic rings. The van der Waals surface area contributed by atoms with Crippen LogP contribution in [0.25, 0.3) is 0 Å². The van der Waals surface area contributed by atoms with Crippen molar-refractivity contribution in [3.8, 4) is 0 Å². The number of aliphatic hydroxyl groups is 1. The Kier molecular flexibility index (Phi) is 2.85. The van der Waals surface area contributed by atoms with Gasteiger partial charge in [-0.25, -0.2) is 13.2 Å². The molecule has 0 heterocycles. The summed E-state index contributed by atoms with van der Waals surface area (Å²) in [7, 11) is 0. The van der Waals surface area contributed by atoms with Gasteiger partial charge in [-0.05, 0) is 6.92 Å². The highest BCUT2D eigenvalue weighted by molar-refractivity contribution is 5.30. The van der Waals surface area contributed by atoms with E-state index < -0.39 is 23.4 Å². The van der Waals surface area contributed by atoms with E-state index >= 15 is 0 Å². The molecule has 78 valence electrons. The van der Waals surface area contributed by atoms with Gasteiger partial charge in [0.05, 0.1) is 11.7 Å². The monoisotopic (exact) mass is 204 g/mol. The number of halogens is 3. The zero-order chi connectivity index (χ0) is 10.9. The minimum Gasteiger partial charge on any atom is -0.389 e. The van der Waals surface area contributed by atoms with Crippen molar-refractivity contribution in [3.63, 3.8) is 0 Å². The van der Waals surface area contributed by atoms with E-state index in [2.05, 4.69) is 0 Å². The summed E-state index contributed by atoms with van der Waals surface area (Å²) < 4.78 is 39.1. The molecule has 1 nitrogen and oxygen atoms in total. The van der Waals surface area contributed by atoms with Gasteiger partial charge in [-0.1, -0.05) is 18.2 Å². The Labute approximate surface area is 80.2 Å². The fraction of sp³-hybridized carbons (Fsp3) is 0.400. The smallest absolute Gasteiger partial charge is 0.273 e. The zero-order valence-corrected chi connectivity index (χ0v) is 7.89. The zero-order valence-electron chi connectivity index (χ0n) is 7.89. The minimum atomic E-state index is -3.23. The number of alkyl halides is 2. The lowest BCUT2D eigenvalue weighted by atomic mass is 10.0. The summed E-state index contributed by atoms with van der Waals surface area (Å²) in [4.78, 5) is 0. The molecule has 1 atom stereocenters. The first-order chi connectivity index (χ1) is 6.34. The summed E-state index contributed by atoms with van der Waals surface area (Å²) in [5.74, 6) is -4.26. The molecule has 0 aromatic heterocycles. The minimum absolute atomic E-state index is 0.107. The normalized spacial score (nSPS) is 14.1. The SMILES string of the molecule is C[C@H](O)c1cccc(C(C)(F)F)c1F. The molecule has 0 aliphatic carbocycles. The third-order valence-corrected chi connectivity index (χ3v) is 1.95. The van der Waals surface area contributed by atoms with Gasteiger partial charge in [0.1, 0.15) is 5.82 Å². The van der Waals surface area contributed by atoms with Crippen LogP contribution in [0.4, 0.5) is 13.2 Å². The molecule has 0 aliphatic heterocycles. The highest BCUT2D eigenvalue weighted by atomic mass is 19.3. The quantitative estimate of drug-likeness (QED) is 0.785. The molecule has 0 saturated heterocycles. The number of benzene rings is 1. The van der Waals surface area contributed by atoms with Crippen molar-refractivity contribution in [2.75, 3.05) is 0 Å². The lowest BCUT2D eigenvalue weighted by molar-refractivity contribution is 0.0132. The maximum atomic E-state index is 13.4. The van der Waals surface area contributed by atoms with E-state index in [1.54, 1.807) is 0 Å². The molecule has 1 aromatic carbocycles. The van der Waals surface area contributed by atoms with E-state index in [0.717, 1.165) is 6.07 Å². The van der Waals surface area contributed by atoms with Gasteiger partial charge in [0.15, 0.2) is 0 Å². The van der Waals surface area contributed by atoms with Crippen LogP contribution < -0.4 is 0 Å². The standard InChI is InChI=1S/C10H11F3O/c1-6(14)7-4-3-5-8(9(7)11)10(2,12)13/h3-6,14H,1-2H3/t6-/m0/s1. The van der Waals surface area contributed by atoms with Gasteiger partial charge >= 0.3 is 0 Å². The predicted molar refractivity (Wildman–Crippen MR) is 46.6 cm³/mol. The summed E-state index contributed by atoms with van der Waals surface area (Å²) in [6.07, 6.45) is -1.09.